The Labute approximate surface area is 116 Å². The van der Waals surface area contributed by atoms with Crippen molar-refractivity contribution in [2.75, 3.05) is 20.2 Å². The number of esters is 1. The molecule has 2 N–H and O–H groups in total. The van der Waals surface area contributed by atoms with Crippen LogP contribution < -0.4 is 5.73 Å². The Balaban J connectivity index is 4.92. The highest BCUT2D eigenvalue weighted by molar-refractivity contribution is 5.83. The Morgan fingerprint density at radius 1 is 1.25 bits per heavy atom. The van der Waals surface area contributed by atoms with Gasteiger partial charge in [-0.15, -0.1) is 0 Å². The summed E-state index contributed by atoms with van der Waals surface area (Å²) >= 11 is 0. The van der Waals surface area contributed by atoms with Crippen LogP contribution in [0.15, 0.2) is 0 Å². The van der Waals surface area contributed by atoms with Gasteiger partial charge in [0.05, 0.1) is 19.6 Å². The molecular formula is C12H21F3N2O3. The van der Waals surface area contributed by atoms with E-state index in [0.717, 1.165) is 7.11 Å². The second kappa shape index (κ2) is 6.92. The van der Waals surface area contributed by atoms with Crippen molar-refractivity contribution in [1.29, 1.82) is 0 Å². The molecule has 118 valence electrons. The van der Waals surface area contributed by atoms with Crippen LogP contribution in [-0.4, -0.2) is 49.2 Å². The van der Waals surface area contributed by atoms with Gasteiger partial charge in [-0.2, -0.15) is 13.2 Å². The van der Waals surface area contributed by atoms with E-state index in [1.807, 2.05) is 0 Å². The number of alkyl halides is 3. The predicted octanol–water partition coefficient (Wildman–Crippen LogP) is 1.31. The molecule has 0 aromatic heterocycles. The van der Waals surface area contributed by atoms with Crippen molar-refractivity contribution in [3.63, 3.8) is 0 Å². The van der Waals surface area contributed by atoms with Crippen LogP contribution in [0.3, 0.4) is 0 Å². The smallest absolute Gasteiger partial charge is 0.406 e. The molecule has 0 radical (unpaired) electrons. The molecule has 0 heterocycles. The molecule has 1 atom stereocenters. The second-order valence-corrected chi connectivity index (χ2v) is 5.54. The lowest BCUT2D eigenvalue weighted by atomic mass is 9.86. The van der Waals surface area contributed by atoms with Gasteiger partial charge in [-0.05, 0) is 5.41 Å². The highest BCUT2D eigenvalue weighted by atomic mass is 19.4. The number of nitrogens with zero attached hydrogens (tertiary/aromatic N) is 1. The van der Waals surface area contributed by atoms with E-state index < -0.39 is 36.1 Å². The molecule has 0 aliphatic carbocycles. The van der Waals surface area contributed by atoms with Gasteiger partial charge in [0.15, 0.2) is 0 Å². The van der Waals surface area contributed by atoms with E-state index in [0.29, 0.717) is 4.90 Å². The zero-order valence-electron chi connectivity index (χ0n) is 12.1. The first kappa shape index (κ1) is 18.7. The summed E-state index contributed by atoms with van der Waals surface area (Å²) in [7, 11) is 1.12. The lowest BCUT2D eigenvalue weighted by Crippen LogP contribution is -2.53. The van der Waals surface area contributed by atoms with Gasteiger partial charge in [0, 0.05) is 6.54 Å². The first-order chi connectivity index (χ1) is 8.88. The monoisotopic (exact) mass is 298 g/mol. The molecule has 0 aromatic rings. The Morgan fingerprint density at radius 3 is 2.10 bits per heavy atom. The maximum Gasteiger partial charge on any atom is 0.406 e. The number of halogens is 3. The molecule has 5 nitrogen and oxygen atoms in total. The van der Waals surface area contributed by atoms with Gasteiger partial charge in [-0.3, -0.25) is 9.59 Å². The van der Waals surface area contributed by atoms with Crippen molar-refractivity contribution in [3.8, 4) is 0 Å². The molecule has 0 saturated heterocycles. The summed E-state index contributed by atoms with van der Waals surface area (Å²) in [5.41, 5.74) is 5.00. The lowest BCUT2D eigenvalue weighted by Gasteiger charge is -2.32. The van der Waals surface area contributed by atoms with Crippen LogP contribution in [-0.2, 0) is 14.3 Å². The fourth-order valence-corrected chi connectivity index (χ4v) is 1.38. The largest absolute Gasteiger partial charge is 0.469 e. The maximum atomic E-state index is 12.5. The highest BCUT2D eigenvalue weighted by Crippen LogP contribution is 2.22. The fraction of sp³-hybridized carbons (Fsp3) is 0.833. The third-order valence-corrected chi connectivity index (χ3v) is 2.69. The molecule has 0 bridgehead atoms. The fourth-order valence-electron chi connectivity index (χ4n) is 1.38. The van der Waals surface area contributed by atoms with Gasteiger partial charge in [0.25, 0.3) is 0 Å². The Kier molecular flexibility index (Phi) is 6.46. The lowest BCUT2D eigenvalue weighted by molar-refractivity contribution is -0.164. The SMILES string of the molecule is COC(=O)CCN(CC(F)(F)F)C(=O)C(N)C(C)(C)C. The molecule has 1 unspecified atom stereocenters. The summed E-state index contributed by atoms with van der Waals surface area (Å²) in [6, 6.07) is -1.08. The van der Waals surface area contributed by atoms with Crippen LogP contribution >= 0.6 is 0 Å². The summed E-state index contributed by atoms with van der Waals surface area (Å²) in [5.74, 6) is -1.52. The van der Waals surface area contributed by atoms with E-state index in [1.165, 1.54) is 0 Å². The van der Waals surface area contributed by atoms with Crippen LogP contribution in [0, 0.1) is 5.41 Å². The van der Waals surface area contributed by atoms with Crippen molar-refractivity contribution in [2.24, 2.45) is 11.1 Å². The van der Waals surface area contributed by atoms with E-state index in [1.54, 1.807) is 20.8 Å². The standard InChI is InChI=1S/C12H21F3N2O3/c1-11(2,3)9(16)10(19)17(7-12(13,14)15)6-5-8(18)20-4/h9H,5-7,16H2,1-4H3. The third kappa shape index (κ3) is 6.74. The molecule has 1 amide bonds. The predicted molar refractivity (Wildman–Crippen MR) is 66.7 cm³/mol. The third-order valence-electron chi connectivity index (χ3n) is 2.69. The van der Waals surface area contributed by atoms with E-state index >= 15 is 0 Å². The summed E-state index contributed by atoms with van der Waals surface area (Å²) in [6.07, 6.45) is -4.86. The summed E-state index contributed by atoms with van der Waals surface area (Å²) in [4.78, 5) is 23.6. The van der Waals surface area contributed by atoms with E-state index in [-0.39, 0.29) is 13.0 Å². The minimum atomic E-state index is -4.55. The molecule has 0 spiro atoms. The highest BCUT2D eigenvalue weighted by Gasteiger charge is 2.37. The van der Waals surface area contributed by atoms with Crippen LogP contribution in [0.25, 0.3) is 0 Å². The zero-order chi connectivity index (χ0) is 16.1. The number of amides is 1. The molecule has 0 aromatic carbocycles. The Hall–Kier alpha value is -1.31. The Morgan fingerprint density at radius 2 is 1.75 bits per heavy atom. The molecule has 8 heteroatoms. The topological polar surface area (TPSA) is 72.6 Å². The van der Waals surface area contributed by atoms with Crippen molar-refractivity contribution >= 4 is 11.9 Å². The van der Waals surface area contributed by atoms with Gasteiger partial charge in [0.1, 0.15) is 6.54 Å². The normalized spacial score (nSPS) is 13.8. The average molecular weight is 298 g/mol. The first-order valence-corrected chi connectivity index (χ1v) is 6.06. The van der Waals surface area contributed by atoms with Crippen molar-refractivity contribution in [1.82, 2.24) is 4.90 Å². The van der Waals surface area contributed by atoms with Crippen LogP contribution in [0.1, 0.15) is 27.2 Å². The minimum Gasteiger partial charge on any atom is -0.469 e. The number of carbonyl (C=O) groups excluding carboxylic acids is 2. The van der Waals surface area contributed by atoms with Crippen LogP contribution in [0.5, 0.6) is 0 Å². The molecular weight excluding hydrogens is 277 g/mol. The number of ether oxygens (including phenoxy) is 1. The van der Waals surface area contributed by atoms with E-state index in [4.69, 9.17) is 5.73 Å². The molecule has 0 saturated carbocycles. The summed E-state index contributed by atoms with van der Waals surface area (Å²) in [6.45, 7) is 3.15. The van der Waals surface area contributed by atoms with E-state index in [2.05, 4.69) is 4.74 Å². The number of carbonyl (C=O) groups is 2. The van der Waals surface area contributed by atoms with Crippen molar-refractivity contribution in [3.05, 3.63) is 0 Å². The quantitative estimate of drug-likeness (QED) is 0.777. The van der Waals surface area contributed by atoms with Gasteiger partial charge in [0.2, 0.25) is 5.91 Å². The van der Waals surface area contributed by atoms with Crippen LogP contribution in [0.2, 0.25) is 0 Å². The van der Waals surface area contributed by atoms with Crippen LogP contribution in [0.4, 0.5) is 13.2 Å². The zero-order valence-corrected chi connectivity index (χ0v) is 12.1. The summed E-state index contributed by atoms with van der Waals surface area (Å²) in [5, 5.41) is 0. The number of rotatable bonds is 5. The van der Waals surface area contributed by atoms with Crippen molar-refractivity contribution < 1.29 is 27.5 Å². The molecule has 0 aliphatic rings. The first-order valence-electron chi connectivity index (χ1n) is 6.06. The maximum absolute atomic E-state index is 12.5. The Bertz CT molecular complexity index is 351. The molecule has 0 rings (SSSR count). The summed E-state index contributed by atoms with van der Waals surface area (Å²) < 4.78 is 41.8. The molecule has 0 aliphatic heterocycles. The van der Waals surface area contributed by atoms with Gasteiger partial charge in [-0.25, -0.2) is 0 Å². The number of hydrogen-bond donors (Lipinski definition) is 1. The number of nitrogens with two attached hydrogens (primary N) is 1. The average Bonchev–Trinajstić information content (AvgIpc) is 2.29. The van der Waals surface area contributed by atoms with Gasteiger partial charge < -0.3 is 15.4 Å². The van der Waals surface area contributed by atoms with Crippen molar-refractivity contribution in [2.45, 2.75) is 39.4 Å². The number of hydrogen-bond acceptors (Lipinski definition) is 4. The van der Waals surface area contributed by atoms with E-state index in [9.17, 15) is 22.8 Å². The molecule has 0 fully saturated rings. The van der Waals surface area contributed by atoms with Gasteiger partial charge in [-0.1, -0.05) is 20.8 Å². The minimum absolute atomic E-state index is 0.310. The second-order valence-electron chi connectivity index (χ2n) is 5.54. The number of methoxy groups -OCH3 is 1. The molecule has 20 heavy (non-hydrogen) atoms. The van der Waals surface area contributed by atoms with Gasteiger partial charge >= 0.3 is 12.1 Å².